The summed E-state index contributed by atoms with van der Waals surface area (Å²) in [4.78, 5) is 2.46. The molecule has 2 aliphatic carbocycles. The summed E-state index contributed by atoms with van der Waals surface area (Å²) in [5.74, 6) is 0.336. The molecule has 0 saturated carbocycles. The number of hydrogen-bond donors (Lipinski definition) is 2. The molecule has 0 aromatic heterocycles. The fourth-order valence-electron chi connectivity index (χ4n) is 4.67. The maximum absolute atomic E-state index is 7.00. The van der Waals surface area contributed by atoms with Crippen LogP contribution in [0.3, 0.4) is 0 Å². The van der Waals surface area contributed by atoms with Gasteiger partial charge in [0.2, 0.25) is 0 Å². The summed E-state index contributed by atoms with van der Waals surface area (Å²) < 4.78 is 2.27. The predicted molar refractivity (Wildman–Crippen MR) is 161 cm³/mol. The molecule has 0 radical (unpaired) electrons. The van der Waals surface area contributed by atoms with Gasteiger partial charge in [0.15, 0.2) is 0 Å². The first-order valence-electron chi connectivity index (χ1n) is 11.7. The van der Waals surface area contributed by atoms with Crippen LogP contribution in [-0.2, 0) is 26.2 Å². The van der Waals surface area contributed by atoms with E-state index < -0.39 is 0 Å². The van der Waals surface area contributed by atoms with Gasteiger partial charge in [-0.3, -0.25) is 12.2 Å². The van der Waals surface area contributed by atoms with Crippen molar-refractivity contribution in [3.8, 4) is 0 Å². The van der Waals surface area contributed by atoms with Crippen molar-refractivity contribution in [3.63, 3.8) is 0 Å². The molecule has 2 N–H and O–H groups in total. The van der Waals surface area contributed by atoms with Crippen molar-refractivity contribution in [1.82, 2.24) is 0 Å². The minimum Gasteiger partial charge on any atom is -0.400 e. The fourth-order valence-corrected chi connectivity index (χ4v) is 7.13. The second-order valence-electron chi connectivity index (χ2n) is 8.19. The van der Waals surface area contributed by atoms with Gasteiger partial charge >= 0.3 is 26.2 Å². The molecule has 190 valence electrons. The van der Waals surface area contributed by atoms with Crippen molar-refractivity contribution >= 4 is 55.8 Å². The molecule has 4 aromatic rings. The van der Waals surface area contributed by atoms with Crippen molar-refractivity contribution < 1.29 is 36.4 Å². The third-order valence-electron chi connectivity index (χ3n) is 6.20. The van der Waals surface area contributed by atoms with E-state index in [1.165, 1.54) is 43.2 Å². The first-order valence-corrected chi connectivity index (χ1v) is 14.1. The van der Waals surface area contributed by atoms with Crippen LogP contribution in [0.15, 0.2) is 104 Å². The molecule has 0 saturated heterocycles. The zero-order chi connectivity index (χ0) is 26.4. The van der Waals surface area contributed by atoms with E-state index in [1.54, 1.807) is 11.8 Å². The number of halogens is 2. The minimum atomic E-state index is 0. The Morgan fingerprint density at radius 2 is 1.21 bits per heavy atom. The average molecular weight is 726 g/mol. The smallest absolute Gasteiger partial charge is 0.400 e. The Balaban J connectivity index is 0.000000766. The van der Waals surface area contributed by atoms with Crippen LogP contribution < -0.4 is 0 Å². The van der Waals surface area contributed by atoms with E-state index in [0.29, 0.717) is 0 Å². The molecule has 0 bridgehead atoms. The number of aliphatic hydroxyl groups excluding tert-OH is 2. The maximum Gasteiger partial charge on any atom is 2.00 e. The Bertz CT molecular complexity index is 1420. The van der Waals surface area contributed by atoms with Gasteiger partial charge in [-0.05, 0) is 17.0 Å². The normalized spacial score (nSPS) is 15.8. The monoisotopic (exact) mass is 722 g/mol. The molecule has 0 amide bonds. The van der Waals surface area contributed by atoms with Crippen LogP contribution in [0.4, 0.5) is 0 Å². The van der Waals surface area contributed by atoms with Crippen LogP contribution in [0.25, 0.3) is 12.2 Å². The molecule has 2 nitrogen and oxygen atoms in total. The Hall–Kier alpha value is -1.53. The summed E-state index contributed by atoms with van der Waals surface area (Å²) in [6.07, 6.45) is 11.4. The first-order chi connectivity index (χ1) is 18.2. The van der Waals surface area contributed by atoms with Gasteiger partial charge in [0.25, 0.3) is 0 Å². The summed E-state index contributed by atoms with van der Waals surface area (Å²) in [5, 5.41) is 14.0. The van der Waals surface area contributed by atoms with E-state index in [4.69, 9.17) is 10.2 Å². The number of hydrogen-bond acceptors (Lipinski definition) is 3. The molecule has 2 aliphatic rings. The Kier molecular flexibility index (Phi) is 12.0. The van der Waals surface area contributed by atoms with Crippen LogP contribution >= 0.6 is 43.6 Å². The van der Waals surface area contributed by atoms with Crippen LogP contribution in [-0.4, -0.2) is 24.4 Å². The molecule has 0 spiro atoms. The van der Waals surface area contributed by atoms with Crippen molar-refractivity contribution in [3.05, 3.63) is 139 Å². The molecule has 38 heavy (non-hydrogen) atoms. The molecule has 2 unspecified atom stereocenters. The van der Waals surface area contributed by atoms with Gasteiger partial charge in [0, 0.05) is 23.2 Å². The molecule has 4 aromatic carbocycles. The largest absolute Gasteiger partial charge is 2.00 e. The van der Waals surface area contributed by atoms with Gasteiger partial charge in [0.05, 0.1) is 0 Å². The molecule has 2 atom stereocenters. The summed E-state index contributed by atoms with van der Waals surface area (Å²) >= 11 is 9.46. The van der Waals surface area contributed by atoms with Crippen molar-refractivity contribution in [2.75, 3.05) is 14.2 Å². The summed E-state index contributed by atoms with van der Waals surface area (Å²) in [6.45, 7) is 0. The average Bonchev–Trinajstić information content (AvgIpc) is 3.60. The molecular weight excluding hydrogens is 699 g/mol. The number of allylic oxidation sites excluding steroid dienone is 2. The zero-order valence-electron chi connectivity index (χ0n) is 21.0. The van der Waals surface area contributed by atoms with Gasteiger partial charge < -0.3 is 10.2 Å². The number of rotatable bonds is 4. The molecule has 0 aliphatic heterocycles. The zero-order valence-corrected chi connectivity index (χ0v) is 27.4. The molecule has 6 rings (SSSR count). The van der Waals surface area contributed by atoms with Crippen LogP contribution in [0.5, 0.6) is 0 Å². The fraction of sp³-hybridized carbons (Fsp3) is 0.125. The van der Waals surface area contributed by atoms with Crippen molar-refractivity contribution in [2.45, 2.75) is 21.6 Å². The van der Waals surface area contributed by atoms with E-state index in [0.717, 1.165) is 23.2 Å². The van der Waals surface area contributed by atoms with Gasteiger partial charge in [0.1, 0.15) is 0 Å². The Labute approximate surface area is 265 Å². The van der Waals surface area contributed by atoms with E-state index in [-0.39, 0.29) is 38.0 Å². The molecular formula is C32H26Br2O2SZr. The van der Waals surface area contributed by atoms with E-state index in [2.05, 4.69) is 141 Å². The van der Waals surface area contributed by atoms with Crippen LogP contribution in [0.2, 0.25) is 0 Å². The SMILES string of the molecule is Brc1cc(Sc2ccc(Br)c3c2C=[C-]C3c2ccccc2)cc2c1C(c1ccccc1)[C-]=C2.CO.CO.[Zr+2]. The van der Waals surface area contributed by atoms with Gasteiger partial charge in [-0.25, -0.2) is 12.2 Å². The Morgan fingerprint density at radius 3 is 1.82 bits per heavy atom. The van der Waals surface area contributed by atoms with E-state index in [9.17, 15) is 0 Å². The number of aliphatic hydroxyl groups is 2. The quantitative estimate of drug-likeness (QED) is 0.208. The summed E-state index contributed by atoms with van der Waals surface area (Å²) in [6, 6.07) is 30.1. The number of benzene rings is 4. The molecule has 6 heteroatoms. The predicted octanol–water partition coefficient (Wildman–Crippen LogP) is 8.50. The summed E-state index contributed by atoms with van der Waals surface area (Å²) in [5.41, 5.74) is 7.62. The second kappa shape index (κ2) is 14.7. The molecule has 0 heterocycles. The van der Waals surface area contributed by atoms with Gasteiger partial charge in [-0.2, -0.15) is 11.1 Å². The summed E-state index contributed by atoms with van der Waals surface area (Å²) in [7, 11) is 2.00. The minimum absolute atomic E-state index is 0. The van der Waals surface area contributed by atoms with Crippen molar-refractivity contribution in [1.29, 1.82) is 0 Å². The molecule has 0 fully saturated rings. The third kappa shape index (κ3) is 6.44. The second-order valence-corrected chi connectivity index (χ2v) is 11.0. The van der Waals surface area contributed by atoms with Crippen molar-refractivity contribution in [2.24, 2.45) is 0 Å². The van der Waals surface area contributed by atoms with Gasteiger partial charge in [-0.15, -0.1) is 29.0 Å². The van der Waals surface area contributed by atoms with E-state index >= 15 is 0 Å². The van der Waals surface area contributed by atoms with Gasteiger partial charge in [-0.1, -0.05) is 126 Å². The van der Waals surface area contributed by atoms with Crippen LogP contribution in [0.1, 0.15) is 45.2 Å². The van der Waals surface area contributed by atoms with E-state index in [1.807, 2.05) is 0 Å². The van der Waals surface area contributed by atoms with Crippen LogP contribution in [0, 0.1) is 12.2 Å². The topological polar surface area (TPSA) is 40.5 Å². The standard InChI is InChI=1S/C30H18Br2S.2CH4O.Zr/c31-26-15-16-28(25-14-13-24(30(25)26)20-9-5-2-6-10-20)33-22-17-21-11-12-23(29(21)27(32)18-22)19-7-3-1-4-8-19;2*1-2;/h1-11,14-18,23-24H;2*2H,1H3;/q-2;;;+2. The third-order valence-corrected chi connectivity index (χ3v) is 8.59. The Morgan fingerprint density at radius 1 is 0.658 bits per heavy atom. The maximum atomic E-state index is 7.00. The first kappa shape index (κ1) is 31.0. The number of fused-ring (bicyclic) bond motifs is 2.